The van der Waals surface area contributed by atoms with Gasteiger partial charge < -0.3 is 14.5 Å². The van der Waals surface area contributed by atoms with E-state index in [0.29, 0.717) is 6.54 Å². The molecular weight excluding hydrogens is 316 g/mol. The molecule has 5 heteroatoms. The van der Waals surface area contributed by atoms with Gasteiger partial charge >= 0.3 is 5.97 Å². The Kier molecular flexibility index (Phi) is 5.13. The maximum Gasteiger partial charge on any atom is 0.329 e. The Hall–Kier alpha value is -1.88. The second-order valence-electron chi connectivity index (χ2n) is 7.80. The molecule has 0 bridgehead atoms. The van der Waals surface area contributed by atoms with Gasteiger partial charge in [0, 0.05) is 13.1 Å². The number of hydrogen-bond acceptors (Lipinski definition) is 4. The first-order valence-electron chi connectivity index (χ1n) is 9.13. The molecule has 1 aromatic rings. The number of carbonyl (C=O) groups excluding carboxylic acids is 2. The fourth-order valence-electron chi connectivity index (χ4n) is 4.14. The molecule has 3 rings (SSSR count). The minimum Gasteiger partial charge on any atom is -0.459 e. The summed E-state index contributed by atoms with van der Waals surface area (Å²) in [5.41, 5.74) is 0.668. The Labute approximate surface area is 149 Å². The van der Waals surface area contributed by atoms with E-state index >= 15 is 0 Å². The Balaban J connectivity index is 1.69. The van der Waals surface area contributed by atoms with Crippen molar-refractivity contribution in [3.05, 3.63) is 35.9 Å². The van der Waals surface area contributed by atoms with Crippen LogP contribution in [0.2, 0.25) is 0 Å². The first-order valence-corrected chi connectivity index (χ1v) is 9.13. The molecule has 136 valence electrons. The second kappa shape index (κ2) is 7.16. The third-order valence-electron chi connectivity index (χ3n) is 5.52. The summed E-state index contributed by atoms with van der Waals surface area (Å²) < 4.78 is 5.54. The lowest BCUT2D eigenvalue weighted by molar-refractivity contribution is -0.158. The highest BCUT2D eigenvalue weighted by Gasteiger charge is 2.53. The van der Waals surface area contributed by atoms with Crippen LogP contribution >= 0.6 is 0 Å². The van der Waals surface area contributed by atoms with E-state index < -0.39 is 6.04 Å². The highest BCUT2D eigenvalue weighted by Crippen LogP contribution is 2.41. The van der Waals surface area contributed by atoms with E-state index in [2.05, 4.69) is 11.9 Å². The van der Waals surface area contributed by atoms with Crippen molar-refractivity contribution in [1.29, 1.82) is 0 Å². The van der Waals surface area contributed by atoms with Crippen LogP contribution in [-0.2, 0) is 20.9 Å². The molecule has 25 heavy (non-hydrogen) atoms. The molecule has 2 saturated heterocycles. The summed E-state index contributed by atoms with van der Waals surface area (Å²) >= 11 is 0. The fourth-order valence-corrected chi connectivity index (χ4v) is 4.14. The summed E-state index contributed by atoms with van der Waals surface area (Å²) in [6.07, 6.45) is 1.73. The third-order valence-corrected chi connectivity index (χ3v) is 5.52. The lowest BCUT2D eigenvalue weighted by Crippen LogP contribution is -2.49. The number of hydrogen-bond donors (Lipinski definition) is 0. The number of ether oxygens (including phenoxy) is 1. The average Bonchev–Trinajstić information content (AvgIpc) is 3.12. The molecule has 2 aliphatic rings. The zero-order valence-corrected chi connectivity index (χ0v) is 15.4. The van der Waals surface area contributed by atoms with Crippen molar-refractivity contribution in [3.63, 3.8) is 0 Å². The summed E-state index contributed by atoms with van der Waals surface area (Å²) in [6, 6.07) is 9.15. The van der Waals surface area contributed by atoms with E-state index in [1.165, 1.54) is 0 Å². The smallest absolute Gasteiger partial charge is 0.329 e. The molecule has 1 aromatic carbocycles. The molecule has 2 heterocycles. The zero-order valence-electron chi connectivity index (χ0n) is 15.4. The number of carbonyl (C=O) groups is 2. The first kappa shape index (κ1) is 17.9. The van der Waals surface area contributed by atoms with Gasteiger partial charge in [-0.3, -0.25) is 4.79 Å². The van der Waals surface area contributed by atoms with Crippen molar-refractivity contribution in [2.75, 3.05) is 26.7 Å². The van der Waals surface area contributed by atoms with Gasteiger partial charge in [0.05, 0.1) is 5.41 Å². The van der Waals surface area contributed by atoms with Gasteiger partial charge in [0.2, 0.25) is 5.91 Å². The van der Waals surface area contributed by atoms with Gasteiger partial charge in [0.15, 0.2) is 0 Å². The molecule has 0 saturated carbocycles. The third kappa shape index (κ3) is 3.56. The highest BCUT2D eigenvalue weighted by atomic mass is 16.5. The van der Waals surface area contributed by atoms with Crippen molar-refractivity contribution in [3.8, 4) is 0 Å². The van der Waals surface area contributed by atoms with Crippen LogP contribution in [0.1, 0.15) is 32.3 Å². The first-order chi connectivity index (χ1) is 11.9. The average molecular weight is 344 g/mol. The van der Waals surface area contributed by atoms with Crippen LogP contribution < -0.4 is 0 Å². The number of amides is 1. The standard InChI is InChI=1S/C20H28N2O3/c1-15(2)17(18(23)25-13-16-7-5-4-6-8-16)22-12-10-20(19(22)24)9-11-21(3)14-20/h4-8,15,17H,9-14H2,1-3H3/t17-,20?/m0/s1. The lowest BCUT2D eigenvalue weighted by atomic mass is 9.85. The van der Waals surface area contributed by atoms with Crippen molar-refractivity contribution in [2.24, 2.45) is 11.3 Å². The molecular formula is C20H28N2O3. The van der Waals surface area contributed by atoms with E-state index in [-0.39, 0.29) is 29.8 Å². The lowest BCUT2D eigenvalue weighted by Gasteiger charge is -2.31. The van der Waals surface area contributed by atoms with E-state index in [9.17, 15) is 9.59 Å². The molecule has 0 aliphatic carbocycles. The Morgan fingerprint density at radius 2 is 1.88 bits per heavy atom. The Bertz CT molecular complexity index is 631. The van der Waals surface area contributed by atoms with Crippen molar-refractivity contribution in [1.82, 2.24) is 9.80 Å². The van der Waals surface area contributed by atoms with Crippen LogP contribution in [0.5, 0.6) is 0 Å². The Morgan fingerprint density at radius 3 is 2.48 bits per heavy atom. The highest BCUT2D eigenvalue weighted by molar-refractivity contribution is 5.90. The number of rotatable bonds is 5. The molecule has 1 unspecified atom stereocenters. The van der Waals surface area contributed by atoms with E-state index in [1.807, 2.05) is 44.2 Å². The SMILES string of the molecule is CC(C)[C@@H](C(=O)OCc1ccccc1)N1CCC2(CCN(C)C2)C1=O. The monoisotopic (exact) mass is 344 g/mol. The van der Waals surface area contributed by atoms with E-state index in [1.54, 1.807) is 4.90 Å². The molecule has 0 N–H and O–H groups in total. The minimum absolute atomic E-state index is 0.0292. The number of esters is 1. The molecule has 5 nitrogen and oxygen atoms in total. The van der Waals surface area contributed by atoms with Gasteiger partial charge in [-0.15, -0.1) is 0 Å². The maximum atomic E-state index is 13.1. The summed E-state index contributed by atoms with van der Waals surface area (Å²) in [7, 11) is 2.05. The van der Waals surface area contributed by atoms with Crippen LogP contribution in [0, 0.1) is 11.3 Å². The minimum atomic E-state index is -0.499. The molecule has 0 aromatic heterocycles. The predicted octanol–water partition coefficient (Wildman–Crippen LogP) is 2.31. The molecule has 2 aliphatic heterocycles. The summed E-state index contributed by atoms with van der Waals surface area (Å²) in [5.74, 6) is -0.135. The van der Waals surface area contributed by atoms with Gasteiger partial charge in [0.25, 0.3) is 0 Å². The second-order valence-corrected chi connectivity index (χ2v) is 7.80. The summed E-state index contributed by atoms with van der Waals surface area (Å²) in [6.45, 7) is 6.60. The van der Waals surface area contributed by atoms with Crippen LogP contribution in [0.15, 0.2) is 30.3 Å². The van der Waals surface area contributed by atoms with Crippen molar-refractivity contribution >= 4 is 11.9 Å². The molecule has 1 spiro atoms. The summed E-state index contributed by atoms with van der Waals surface area (Å²) in [4.78, 5) is 29.8. The van der Waals surface area contributed by atoms with E-state index in [4.69, 9.17) is 4.74 Å². The topological polar surface area (TPSA) is 49.9 Å². The summed E-state index contributed by atoms with van der Waals surface area (Å²) in [5, 5.41) is 0. The molecule has 1 amide bonds. The Morgan fingerprint density at radius 1 is 1.20 bits per heavy atom. The predicted molar refractivity (Wildman–Crippen MR) is 95.7 cm³/mol. The normalized spacial score (nSPS) is 25.1. The number of nitrogens with zero attached hydrogens (tertiary/aromatic N) is 2. The molecule has 0 radical (unpaired) electrons. The number of likely N-dealkylation sites (tertiary alicyclic amines) is 2. The molecule has 2 fully saturated rings. The van der Waals surface area contributed by atoms with Gasteiger partial charge in [-0.25, -0.2) is 4.79 Å². The fraction of sp³-hybridized carbons (Fsp3) is 0.600. The largest absolute Gasteiger partial charge is 0.459 e. The van der Waals surface area contributed by atoms with Gasteiger partial charge in [-0.05, 0) is 37.9 Å². The number of benzene rings is 1. The van der Waals surface area contributed by atoms with Crippen LogP contribution in [0.4, 0.5) is 0 Å². The van der Waals surface area contributed by atoms with Gasteiger partial charge in [-0.2, -0.15) is 0 Å². The van der Waals surface area contributed by atoms with E-state index in [0.717, 1.165) is 31.5 Å². The van der Waals surface area contributed by atoms with Crippen molar-refractivity contribution < 1.29 is 14.3 Å². The van der Waals surface area contributed by atoms with Crippen LogP contribution in [0.3, 0.4) is 0 Å². The quantitative estimate of drug-likeness (QED) is 0.769. The van der Waals surface area contributed by atoms with Crippen LogP contribution in [0.25, 0.3) is 0 Å². The van der Waals surface area contributed by atoms with Gasteiger partial charge in [0.1, 0.15) is 12.6 Å². The maximum absolute atomic E-state index is 13.1. The zero-order chi connectivity index (χ0) is 18.0. The van der Waals surface area contributed by atoms with Crippen molar-refractivity contribution in [2.45, 2.75) is 39.3 Å². The molecule has 2 atom stereocenters. The van der Waals surface area contributed by atoms with Crippen LogP contribution in [-0.4, -0.2) is 54.4 Å². The van der Waals surface area contributed by atoms with Gasteiger partial charge in [-0.1, -0.05) is 44.2 Å².